The molecule has 22 heavy (non-hydrogen) atoms. The van der Waals surface area contributed by atoms with Crippen molar-refractivity contribution >= 4 is 17.5 Å². The van der Waals surface area contributed by atoms with Gasteiger partial charge < -0.3 is 10.6 Å². The monoisotopic (exact) mass is 300 g/mol. The highest BCUT2D eigenvalue weighted by Gasteiger charge is 2.55. The Kier molecular flexibility index (Phi) is 2.91. The molecule has 4 aliphatic rings. The summed E-state index contributed by atoms with van der Waals surface area (Å²) >= 11 is 0. The minimum absolute atomic E-state index is 0.0262. The molecule has 1 aromatic carbocycles. The summed E-state index contributed by atoms with van der Waals surface area (Å²) in [7, 11) is 0. The van der Waals surface area contributed by atoms with Crippen LogP contribution >= 0.6 is 0 Å². The molecule has 0 unspecified atom stereocenters. The van der Waals surface area contributed by atoms with Crippen molar-refractivity contribution in [1.29, 1.82) is 0 Å². The Bertz CT molecular complexity index is 647. The standard InChI is InChI=1S/C16H20N4O2/c17-20-15(22)12-7-10-6-5-9(12)8-16(10)18-13-4-2-1-3-11(13)14(21)19-16/h1-4,9-10,12,18H,5-8,17H2,(H,19,21)(H,20,22)/t9-,10-,12-,16-/m0/s1. The number of fused-ring (bicyclic) bond motifs is 3. The topological polar surface area (TPSA) is 96.2 Å². The van der Waals surface area contributed by atoms with Gasteiger partial charge in [0, 0.05) is 17.5 Å². The normalized spacial score (nSPS) is 35.5. The van der Waals surface area contributed by atoms with Crippen LogP contribution in [0.5, 0.6) is 0 Å². The molecule has 5 rings (SSSR count). The number of carbonyl (C=O) groups excluding carboxylic acids is 2. The number of carbonyl (C=O) groups is 2. The number of amides is 2. The third kappa shape index (κ3) is 1.83. The van der Waals surface area contributed by atoms with E-state index in [1.165, 1.54) is 0 Å². The molecule has 4 atom stereocenters. The fourth-order valence-electron chi connectivity index (χ4n) is 4.57. The smallest absolute Gasteiger partial charge is 0.255 e. The molecule has 1 aromatic rings. The zero-order valence-electron chi connectivity index (χ0n) is 12.3. The van der Waals surface area contributed by atoms with Gasteiger partial charge in [0.1, 0.15) is 5.66 Å². The van der Waals surface area contributed by atoms with Crippen LogP contribution in [0, 0.1) is 17.8 Å². The van der Waals surface area contributed by atoms with E-state index < -0.39 is 5.66 Å². The lowest BCUT2D eigenvalue weighted by molar-refractivity contribution is -0.132. The fraction of sp³-hybridized carbons (Fsp3) is 0.500. The second-order valence-electron chi connectivity index (χ2n) is 6.69. The van der Waals surface area contributed by atoms with Gasteiger partial charge in [-0.25, -0.2) is 5.84 Å². The number of benzene rings is 1. The van der Waals surface area contributed by atoms with Crippen LogP contribution < -0.4 is 21.9 Å². The van der Waals surface area contributed by atoms with E-state index in [-0.39, 0.29) is 29.6 Å². The Morgan fingerprint density at radius 2 is 2.09 bits per heavy atom. The molecule has 0 radical (unpaired) electrons. The minimum Gasteiger partial charge on any atom is -0.362 e. The third-order valence-electron chi connectivity index (χ3n) is 5.62. The molecule has 3 fully saturated rings. The second kappa shape index (κ2) is 4.71. The Morgan fingerprint density at radius 1 is 1.27 bits per heavy atom. The first kappa shape index (κ1) is 13.6. The fourth-order valence-corrected chi connectivity index (χ4v) is 4.57. The largest absolute Gasteiger partial charge is 0.362 e. The number of nitrogens with two attached hydrogens (primary N) is 1. The van der Waals surface area contributed by atoms with Crippen molar-refractivity contribution < 1.29 is 9.59 Å². The zero-order chi connectivity index (χ0) is 15.3. The van der Waals surface area contributed by atoms with Crippen molar-refractivity contribution in [3.8, 4) is 0 Å². The summed E-state index contributed by atoms with van der Waals surface area (Å²) in [5.74, 6) is 5.67. The van der Waals surface area contributed by atoms with Gasteiger partial charge in [0.15, 0.2) is 0 Å². The molecule has 3 aliphatic carbocycles. The lowest BCUT2D eigenvalue weighted by Gasteiger charge is -2.56. The number of para-hydroxylation sites is 1. The molecule has 0 saturated heterocycles. The second-order valence-corrected chi connectivity index (χ2v) is 6.69. The van der Waals surface area contributed by atoms with Crippen molar-refractivity contribution in [3.63, 3.8) is 0 Å². The van der Waals surface area contributed by atoms with Crippen LogP contribution in [0.3, 0.4) is 0 Å². The maximum atomic E-state index is 12.5. The van der Waals surface area contributed by atoms with E-state index in [0.29, 0.717) is 5.56 Å². The highest BCUT2D eigenvalue weighted by atomic mass is 16.2. The van der Waals surface area contributed by atoms with Crippen molar-refractivity contribution in [2.45, 2.75) is 31.3 Å². The van der Waals surface area contributed by atoms with E-state index in [1.54, 1.807) is 0 Å². The van der Waals surface area contributed by atoms with Crippen LogP contribution in [-0.2, 0) is 4.79 Å². The van der Waals surface area contributed by atoms with E-state index >= 15 is 0 Å². The Labute approximate surface area is 128 Å². The Morgan fingerprint density at radius 3 is 2.82 bits per heavy atom. The quantitative estimate of drug-likeness (QED) is 0.353. The molecule has 6 heteroatoms. The van der Waals surface area contributed by atoms with Crippen molar-refractivity contribution in [1.82, 2.24) is 10.7 Å². The van der Waals surface area contributed by atoms with Gasteiger partial charge in [-0.3, -0.25) is 15.0 Å². The number of hydrogen-bond acceptors (Lipinski definition) is 4. The van der Waals surface area contributed by atoms with Gasteiger partial charge >= 0.3 is 0 Å². The van der Waals surface area contributed by atoms with Crippen LogP contribution in [0.2, 0.25) is 0 Å². The number of hydrazine groups is 1. The van der Waals surface area contributed by atoms with Crippen molar-refractivity contribution in [2.24, 2.45) is 23.6 Å². The average molecular weight is 300 g/mol. The molecule has 1 heterocycles. The Balaban J connectivity index is 1.65. The molecule has 2 bridgehead atoms. The lowest BCUT2D eigenvalue weighted by atomic mass is 9.58. The van der Waals surface area contributed by atoms with Crippen LogP contribution in [0.1, 0.15) is 36.0 Å². The summed E-state index contributed by atoms with van der Waals surface area (Å²) in [5, 5.41) is 6.74. The van der Waals surface area contributed by atoms with Crippen LogP contribution in [0.15, 0.2) is 24.3 Å². The number of rotatable bonds is 1. The molecule has 0 aromatic heterocycles. The van der Waals surface area contributed by atoms with E-state index in [2.05, 4.69) is 16.1 Å². The van der Waals surface area contributed by atoms with Gasteiger partial charge in [0.2, 0.25) is 5.91 Å². The van der Waals surface area contributed by atoms with Crippen LogP contribution in [0.4, 0.5) is 5.69 Å². The molecule has 116 valence electrons. The summed E-state index contributed by atoms with van der Waals surface area (Å²) in [4.78, 5) is 24.4. The average Bonchev–Trinajstić information content (AvgIpc) is 2.54. The zero-order valence-corrected chi connectivity index (χ0v) is 12.3. The van der Waals surface area contributed by atoms with Crippen LogP contribution in [-0.4, -0.2) is 17.5 Å². The SMILES string of the molecule is NNC(=O)[C@H]1C[C@@H]2CC[C@H]1C[C@]21NC(=O)c2ccccc2N1. The van der Waals surface area contributed by atoms with Gasteiger partial charge in [-0.1, -0.05) is 12.1 Å². The molecule has 5 N–H and O–H groups in total. The lowest BCUT2D eigenvalue weighted by Crippen LogP contribution is -2.68. The third-order valence-corrected chi connectivity index (χ3v) is 5.62. The summed E-state index contributed by atoms with van der Waals surface area (Å²) < 4.78 is 0. The minimum atomic E-state index is -0.417. The molecule has 2 amide bonds. The molecule has 6 nitrogen and oxygen atoms in total. The Hall–Kier alpha value is -2.08. The van der Waals surface area contributed by atoms with Gasteiger partial charge in [0.05, 0.1) is 5.56 Å². The van der Waals surface area contributed by atoms with Gasteiger partial charge in [-0.2, -0.15) is 0 Å². The van der Waals surface area contributed by atoms with Gasteiger partial charge in [0.25, 0.3) is 5.91 Å². The predicted octanol–water partition coefficient (Wildman–Crippen LogP) is 0.964. The molecule has 3 saturated carbocycles. The number of hydrogen-bond donors (Lipinski definition) is 4. The molecular weight excluding hydrogens is 280 g/mol. The summed E-state index contributed by atoms with van der Waals surface area (Å²) in [6.07, 6.45) is 3.58. The first-order valence-electron chi connectivity index (χ1n) is 7.83. The number of nitrogens with one attached hydrogen (secondary N) is 3. The highest BCUT2D eigenvalue weighted by molar-refractivity contribution is 6.02. The molecule has 1 spiro atoms. The summed E-state index contributed by atoms with van der Waals surface area (Å²) in [6, 6.07) is 7.58. The molecule has 1 aliphatic heterocycles. The highest BCUT2D eigenvalue weighted by Crippen LogP contribution is 2.51. The summed E-state index contributed by atoms with van der Waals surface area (Å²) in [6.45, 7) is 0. The predicted molar refractivity (Wildman–Crippen MR) is 81.5 cm³/mol. The van der Waals surface area contributed by atoms with E-state index in [1.807, 2.05) is 24.3 Å². The van der Waals surface area contributed by atoms with E-state index in [0.717, 1.165) is 31.4 Å². The van der Waals surface area contributed by atoms with Crippen LogP contribution in [0.25, 0.3) is 0 Å². The van der Waals surface area contributed by atoms with E-state index in [9.17, 15) is 9.59 Å². The molecular formula is C16H20N4O2. The first-order valence-corrected chi connectivity index (χ1v) is 7.83. The first-order chi connectivity index (χ1) is 10.6. The maximum absolute atomic E-state index is 12.5. The van der Waals surface area contributed by atoms with Crippen molar-refractivity contribution in [3.05, 3.63) is 29.8 Å². The van der Waals surface area contributed by atoms with E-state index in [4.69, 9.17) is 5.84 Å². The van der Waals surface area contributed by atoms with Gasteiger partial charge in [-0.15, -0.1) is 0 Å². The summed E-state index contributed by atoms with van der Waals surface area (Å²) in [5.41, 5.74) is 3.45. The number of anilines is 1. The van der Waals surface area contributed by atoms with Gasteiger partial charge in [-0.05, 0) is 43.7 Å². The van der Waals surface area contributed by atoms with Crippen molar-refractivity contribution in [2.75, 3.05) is 5.32 Å². The maximum Gasteiger partial charge on any atom is 0.255 e.